The van der Waals surface area contributed by atoms with Gasteiger partial charge in [0.2, 0.25) is 5.91 Å². The molecular weight excluding hydrogens is 428 g/mol. The van der Waals surface area contributed by atoms with Gasteiger partial charge in [0.05, 0.1) is 16.3 Å². The summed E-state index contributed by atoms with van der Waals surface area (Å²) in [5.74, 6) is -0.106. The minimum Gasteiger partial charge on any atom is -0.310 e. The molecule has 1 N–H and O–H groups in total. The molecule has 0 bridgehead atoms. The number of halogens is 1. The van der Waals surface area contributed by atoms with Crippen molar-refractivity contribution in [3.05, 3.63) is 52.0 Å². The van der Waals surface area contributed by atoms with Crippen LogP contribution in [0.25, 0.3) is 0 Å². The Bertz CT molecular complexity index is 993. The van der Waals surface area contributed by atoms with Crippen molar-refractivity contribution in [1.29, 1.82) is 0 Å². The second-order valence-electron chi connectivity index (χ2n) is 7.76. The minimum absolute atomic E-state index is 0.0528. The summed E-state index contributed by atoms with van der Waals surface area (Å²) in [6, 6.07) is 10.5. The number of benzene rings is 2. The number of amides is 1. The van der Waals surface area contributed by atoms with Crippen molar-refractivity contribution in [2.75, 3.05) is 16.2 Å². The first kappa shape index (κ1) is 19.9. The van der Waals surface area contributed by atoms with Crippen molar-refractivity contribution in [2.45, 2.75) is 44.4 Å². The number of fused-ring (bicyclic) bond motifs is 1. The molecule has 0 aromatic heterocycles. The average Bonchev–Trinajstić information content (AvgIpc) is 2.98. The average molecular weight is 451 g/mol. The van der Waals surface area contributed by atoms with Crippen LogP contribution < -0.4 is 9.62 Å². The summed E-state index contributed by atoms with van der Waals surface area (Å²) in [5.41, 5.74) is 3.00. The zero-order chi connectivity index (χ0) is 20.0. The van der Waals surface area contributed by atoms with E-state index in [1.54, 1.807) is 23.1 Å². The highest BCUT2D eigenvalue weighted by molar-refractivity contribution is 9.10. The molecule has 27 heavy (non-hydrogen) atoms. The van der Waals surface area contributed by atoms with Crippen LogP contribution in [0.1, 0.15) is 38.8 Å². The highest BCUT2D eigenvalue weighted by atomic mass is 79.9. The first-order valence-corrected chi connectivity index (χ1v) is 11.0. The molecule has 144 valence electrons. The lowest BCUT2D eigenvalue weighted by Gasteiger charge is -2.21. The van der Waals surface area contributed by atoms with Crippen molar-refractivity contribution in [1.82, 2.24) is 0 Å². The van der Waals surface area contributed by atoms with Crippen LogP contribution in [0.15, 0.2) is 45.8 Å². The zero-order valence-corrected chi connectivity index (χ0v) is 18.2. The molecular formula is C20H23BrN2O3S. The molecule has 0 unspecified atom stereocenters. The summed E-state index contributed by atoms with van der Waals surface area (Å²) < 4.78 is 29.3. The van der Waals surface area contributed by atoms with Crippen molar-refractivity contribution in [2.24, 2.45) is 0 Å². The molecule has 3 rings (SSSR count). The number of sulfonamides is 1. The highest BCUT2D eigenvalue weighted by Crippen LogP contribution is 2.39. The first-order chi connectivity index (χ1) is 12.5. The maximum absolute atomic E-state index is 12.9. The Hall–Kier alpha value is -1.86. The molecule has 7 heteroatoms. The van der Waals surface area contributed by atoms with Crippen LogP contribution in [-0.4, -0.2) is 20.9 Å². The number of nitrogens with zero attached hydrogens (tertiary/aromatic N) is 1. The Morgan fingerprint density at radius 3 is 2.33 bits per heavy atom. The van der Waals surface area contributed by atoms with E-state index in [-0.39, 0.29) is 16.2 Å². The lowest BCUT2D eigenvalue weighted by Crippen LogP contribution is -2.27. The van der Waals surface area contributed by atoms with Gasteiger partial charge in [0.15, 0.2) is 0 Å². The summed E-state index contributed by atoms with van der Waals surface area (Å²) in [6.07, 6.45) is 0.698. The van der Waals surface area contributed by atoms with Gasteiger partial charge in [-0.25, -0.2) is 8.42 Å². The SMILES string of the molecule is CC(=O)N1CCc2cc(Br)cc(NS(=O)(=O)c3ccc(C(C)(C)C)cc3)c21. The molecule has 0 saturated carbocycles. The number of nitrogens with one attached hydrogen (secondary N) is 1. The van der Waals surface area contributed by atoms with Crippen LogP contribution in [0.2, 0.25) is 0 Å². The molecule has 0 aliphatic carbocycles. The molecule has 0 atom stereocenters. The largest absolute Gasteiger partial charge is 0.310 e. The monoisotopic (exact) mass is 450 g/mol. The standard InChI is InChI=1S/C20H23BrN2O3S/c1-13(24)23-10-9-14-11-16(21)12-18(19(14)23)22-27(25,26)17-7-5-15(6-8-17)20(2,3)4/h5-8,11-12,22H,9-10H2,1-4H3. The van der Waals surface area contributed by atoms with E-state index >= 15 is 0 Å². The fourth-order valence-electron chi connectivity index (χ4n) is 3.24. The Labute approximate surface area is 169 Å². The van der Waals surface area contributed by atoms with Crippen LogP contribution in [0, 0.1) is 0 Å². The number of anilines is 2. The lowest BCUT2D eigenvalue weighted by atomic mass is 9.87. The van der Waals surface area contributed by atoms with Gasteiger partial charge in [-0.1, -0.05) is 48.8 Å². The van der Waals surface area contributed by atoms with Gasteiger partial charge in [0.25, 0.3) is 10.0 Å². The van der Waals surface area contributed by atoms with E-state index in [1.807, 2.05) is 18.2 Å². The maximum Gasteiger partial charge on any atom is 0.261 e. The van der Waals surface area contributed by atoms with Crippen LogP contribution in [0.4, 0.5) is 11.4 Å². The molecule has 0 spiro atoms. The summed E-state index contributed by atoms with van der Waals surface area (Å²) in [5, 5.41) is 0. The summed E-state index contributed by atoms with van der Waals surface area (Å²) in [6.45, 7) is 8.28. The van der Waals surface area contributed by atoms with Crippen LogP contribution in [0.5, 0.6) is 0 Å². The first-order valence-electron chi connectivity index (χ1n) is 8.73. The van der Waals surface area contributed by atoms with Gasteiger partial charge in [0.1, 0.15) is 0 Å². The van der Waals surface area contributed by atoms with Gasteiger partial charge in [-0.15, -0.1) is 0 Å². The second kappa shape index (κ2) is 6.95. The van der Waals surface area contributed by atoms with Gasteiger partial charge in [-0.05, 0) is 47.2 Å². The Morgan fingerprint density at radius 1 is 1.15 bits per heavy atom. The lowest BCUT2D eigenvalue weighted by molar-refractivity contribution is -0.116. The van der Waals surface area contributed by atoms with E-state index in [2.05, 4.69) is 41.4 Å². The van der Waals surface area contributed by atoms with Crippen molar-refractivity contribution in [3.8, 4) is 0 Å². The van der Waals surface area contributed by atoms with Gasteiger partial charge in [-0.2, -0.15) is 0 Å². The van der Waals surface area contributed by atoms with E-state index in [0.717, 1.165) is 15.6 Å². The second-order valence-corrected chi connectivity index (χ2v) is 10.4. The van der Waals surface area contributed by atoms with Crippen LogP contribution in [-0.2, 0) is 26.7 Å². The molecule has 2 aromatic rings. The van der Waals surface area contributed by atoms with Gasteiger partial charge >= 0.3 is 0 Å². The van der Waals surface area contributed by atoms with Crippen molar-refractivity contribution >= 4 is 43.2 Å². The van der Waals surface area contributed by atoms with Crippen molar-refractivity contribution in [3.63, 3.8) is 0 Å². The predicted octanol–water partition coefficient (Wildman–Crippen LogP) is 4.46. The van der Waals surface area contributed by atoms with Crippen LogP contribution in [0.3, 0.4) is 0 Å². The van der Waals surface area contributed by atoms with E-state index in [1.165, 1.54) is 6.92 Å². The number of carbonyl (C=O) groups excluding carboxylic acids is 1. The molecule has 0 radical (unpaired) electrons. The van der Waals surface area contributed by atoms with Crippen molar-refractivity contribution < 1.29 is 13.2 Å². The minimum atomic E-state index is -3.77. The molecule has 0 fully saturated rings. The van der Waals surface area contributed by atoms with E-state index < -0.39 is 10.0 Å². The number of carbonyl (C=O) groups is 1. The summed E-state index contributed by atoms with van der Waals surface area (Å²) >= 11 is 3.43. The molecule has 1 aliphatic rings. The third-order valence-corrected chi connectivity index (χ3v) is 6.52. The Morgan fingerprint density at radius 2 is 1.78 bits per heavy atom. The topological polar surface area (TPSA) is 66.5 Å². The highest BCUT2D eigenvalue weighted by Gasteiger charge is 2.28. The fourth-order valence-corrected chi connectivity index (χ4v) is 4.80. The molecule has 1 aliphatic heterocycles. The normalized spacial score (nSPS) is 14.2. The molecule has 2 aromatic carbocycles. The summed E-state index contributed by atoms with van der Waals surface area (Å²) in [7, 11) is -3.77. The molecule has 0 saturated heterocycles. The van der Waals surface area contributed by atoms with Gasteiger partial charge in [-0.3, -0.25) is 9.52 Å². The smallest absolute Gasteiger partial charge is 0.261 e. The van der Waals surface area contributed by atoms with Crippen LogP contribution >= 0.6 is 15.9 Å². The Balaban J connectivity index is 1.99. The number of hydrogen-bond donors (Lipinski definition) is 1. The third-order valence-electron chi connectivity index (χ3n) is 4.68. The molecule has 1 amide bonds. The fraction of sp³-hybridized carbons (Fsp3) is 0.350. The van der Waals surface area contributed by atoms with E-state index in [4.69, 9.17) is 0 Å². The number of hydrogen-bond acceptors (Lipinski definition) is 3. The third kappa shape index (κ3) is 4.04. The van der Waals surface area contributed by atoms with E-state index in [0.29, 0.717) is 24.3 Å². The van der Waals surface area contributed by atoms with Gasteiger partial charge < -0.3 is 4.90 Å². The predicted molar refractivity (Wildman–Crippen MR) is 112 cm³/mol. The maximum atomic E-state index is 12.9. The Kier molecular flexibility index (Phi) is 5.12. The number of rotatable bonds is 3. The summed E-state index contributed by atoms with van der Waals surface area (Å²) in [4.78, 5) is 13.8. The molecule has 1 heterocycles. The van der Waals surface area contributed by atoms with E-state index in [9.17, 15) is 13.2 Å². The quantitative estimate of drug-likeness (QED) is 0.750. The van der Waals surface area contributed by atoms with Gasteiger partial charge in [0, 0.05) is 17.9 Å². The molecule has 5 nitrogen and oxygen atoms in total. The zero-order valence-electron chi connectivity index (χ0n) is 15.8.